The normalized spacial score (nSPS) is 21.6. The number of hydrogen-bond acceptors (Lipinski definition) is 4. The molecule has 1 saturated heterocycles. The van der Waals surface area contributed by atoms with Crippen LogP contribution in [0.4, 0.5) is 0 Å². The Hall–Kier alpha value is -0.870. The van der Waals surface area contributed by atoms with E-state index in [1.165, 1.54) is 0 Å². The zero-order valence-electron chi connectivity index (χ0n) is 8.54. The average Bonchev–Trinajstić information content (AvgIpc) is 2.19. The van der Waals surface area contributed by atoms with Gasteiger partial charge in [0.05, 0.1) is 19.3 Å². The lowest BCUT2D eigenvalue weighted by molar-refractivity contribution is -0.139. The van der Waals surface area contributed by atoms with Gasteiger partial charge in [0.2, 0.25) is 0 Å². The van der Waals surface area contributed by atoms with Gasteiger partial charge in [-0.05, 0) is 6.92 Å². The summed E-state index contributed by atoms with van der Waals surface area (Å²) in [5.74, 6) is -0.318. The second-order valence-corrected chi connectivity index (χ2v) is 3.23. The minimum atomic E-state index is -0.318. The van der Waals surface area contributed by atoms with Gasteiger partial charge < -0.3 is 14.8 Å². The van der Waals surface area contributed by atoms with Crippen molar-refractivity contribution < 1.29 is 14.3 Å². The van der Waals surface area contributed by atoms with E-state index in [0.29, 0.717) is 25.2 Å². The molecule has 0 aliphatic carbocycles. The Morgan fingerprint density at radius 2 is 2.50 bits per heavy atom. The topological polar surface area (TPSA) is 47.6 Å². The number of esters is 1. The predicted molar refractivity (Wildman–Crippen MR) is 53.0 cm³/mol. The maximum absolute atomic E-state index is 11.2. The van der Waals surface area contributed by atoms with E-state index >= 15 is 0 Å². The molecule has 4 nitrogen and oxygen atoms in total. The molecular weight excluding hydrogens is 182 g/mol. The number of ether oxygens (including phenoxy) is 2. The molecule has 80 valence electrons. The van der Waals surface area contributed by atoms with E-state index in [1.54, 1.807) is 6.92 Å². The molecule has 1 aliphatic rings. The van der Waals surface area contributed by atoms with Gasteiger partial charge in [0, 0.05) is 25.1 Å². The number of morpholine rings is 1. The Labute approximate surface area is 84.3 Å². The van der Waals surface area contributed by atoms with Gasteiger partial charge in [-0.1, -0.05) is 6.58 Å². The van der Waals surface area contributed by atoms with Crippen molar-refractivity contribution in [2.75, 3.05) is 26.3 Å². The van der Waals surface area contributed by atoms with E-state index < -0.39 is 0 Å². The van der Waals surface area contributed by atoms with Crippen molar-refractivity contribution in [2.24, 2.45) is 0 Å². The number of carbonyl (C=O) groups is 1. The fourth-order valence-electron chi connectivity index (χ4n) is 1.34. The van der Waals surface area contributed by atoms with Crippen LogP contribution in [0.2, 0.25) is 0 Å². The SMILES string of the molecule is C=C(CC1CNCCO1)C(=O)OCC. The summed E-state index contributed by atoms with van der Waals surface area (Å²) in [6.45, 7) is 8.21. The van der Waals surface area contributed by atoms with E-state index in [2.05, 4.69) is 11.9 Å². The third-order valence-corrected chi connectivity index (χ3v) is 2.04. The van der Waals surface area contributed by atoms with Crippen LogP contribution in [-0.2, 0) is 14.3 Å². The van der Waals surface area contributed by atoms with Crippen LogP contribution in [0.15, 0.2) is 12.2 Å². The van der Waals surface area contributed by atoms with Crippen LogP contribution in [0.25, 0.3) is 0 Å². The third-order valence-electron chi connectivity index (χ3n) is 2.04. The molecule has 0 spiro atoms. The highest BCUT2D eigenvalue weighted by molar-refractivity contribution is 5.87. The quantitative estimate of drug-likeness (QED) is 0.528. The molecule has 0 aromatic heterocycles. The highest BCUT2D eigenvalue weighted by Gasteiger charge is 2.18. The lowest BCUT2D eigenvalue weighted by Crippen LogP contribution is -2.39. The van der Waals surface area contributed by atoms with Crippen LogP contribution in [0.1, 0.15) is 13.3 Å². The Kier molecular flexibility index (Phi) is 4.62. The molecule has 1 atom stereocenters. The number of carbonyl (C=O) groups excluding carboxylic acids is 1. The molecule has 1 fully saturated rings. The highest BCUT2D eigenvalue weighted by Crippen LogP contribution is 2.09. The maximum atomic E-state index is 11.2. The third kappa shape index (κ3) is 3.47. The molecule has 4 heteroatoms. The molecular formula is C10H17NO3. The molecule has 1 heterocycles. The van der Waals surface area contributed by atoms with Gasteiger partial charge in [0.25, 0.3) is 0 Å². The molecule has 1 aliphatic heterocycles. The lowest BCUT2D eigenvalue weighted by Gasteiger charge is -2.23. The summed E-state index contributed by atoms with van der Waals surface area (Å²) in [5.41, 5.74) is 0.487. The monoisotopic (exact) mass is 199 g/mol. The summed E-state index contributed by atoms with van der Waals surface area (Å²) in [7, 11) is 0. The van der Waals surface area contributed by atoms with Gasteiger partial charge in [-0.3, -0.25) is 0 Å². The first kappa shape index (κ1) is 11.2. The standard InChI is InChI=1S/C10H17NO3/c1-3-13-10(12)8(2)6-9-7-11-4-5-14-9/h9,11H,2-7H2,1H3. The lowest BCUT2D eigenvalue weighted by atomic mass is 10.1. The molecule has 1 rings (SSSR count). The minimum Gasteiger partial charge on any atom is -0.463 e. The van der Waals surface area contributed by atoms with Crippen molar-refractivity contribution in [3.05, 3.63) is 12.2 Å². The second kappa shape index (κ2) is 5.78. The molecule has 1 N–H and O–H groups in total. The van der Waals surface area contributed by atoms with E-state index in [4.69, 9.17) is 9.47 Å². The van der Waals surface area contributed by atoms with Crippen molar-refractivity contribution in [1.29, 1.82) is 0 Å². The van der Waals surface area contributed by atoms with Gasteiger partial charge in [0.1, 0.15) is 0 Å². The van der Waals surface area contributed by atoms with Crippen LogP contribution in [0.3, 0.4) is 0 Å². The Morgan fingerprint density at radius 3 is 3.07 bits per heavy atom. The largest absolute Gasteiger partial charge is 0.463 e. The maximum Gasteiger partial charge on any atom is 0.333 e. The number of hydrogen-bond donors (Lipinski definition) is 1. The fraction of sp³-hybridized carbons (Fsp3) is 0.700. The first-order chi connectivity index (χ1) is 6.74. The van der Waals surface area contributed by atoms with Gasteiger partial charge in [-0.25, -0.2) is 4.79 Å². The summed E-state index contributed by atoms with van der Waals surface area (Å²) in [5, 5.41) is 3.19. The summed E-state index contributed by atoms with van der Waals surface area (Å²) in [4.78, 5) is 11.2. The molecule has 1 unspecified atom stereocenters. The van der Waals surface area contributed by atoms with Crippen molar-refractivity contribution in [3.63, 3.8) is 0 Å². The van der Waals surface area contributed by atoms with Gasteiger partial charge in [-0.15, -0.1) is 0 Å². The predicted octanol–water partition coefficient (Wildman–Crippen LogP) is 0.484. The van der Waals surface area contributed by atoms with Crippen molar-refractivity contribution in [3.8, 4) is 0 Å². The molecule has 0 saturated carbocycles. The van der Waals surface area contributed by atoms with E-state index in [1.807, 2.05) is 0 Å². The Bertz CT molecular complexity index is 209. The van der Waals surface area contributed by atoms with E-state index in [-0.39, 0.29) is 12.1 Å². The van der Waals surface area contributed by atoms with E-state index in [0.717, 1.165) is 13.1 Å². The van der Waals surface area contributed by atoms with Crippen LogP contribution in [-0.4, -0.2) is 38.4 Å². The zero-order chi connectivity index (χ0) is 10.4. The van der Waals surface area contributed by atoms with Crippen molar-refractivity contribution in [2.45, 2.75) is 19.4 Å². The Morgan fingerprint density at radius 1 is 1.71 bits per heavy atom. The van der Waals surface area contributed by atoms with Crippen LogP contribution < -0.4 is 5.32 Å². The average molecular weight is 199 g/mol. The summed E-state index contributed by atoms with van der Waals surface area (Å²) in [6.07, 6.45) is 0.604. The summed E-state index contributed by atoms with van der Waals surface area (Å²) in [6, 6.07) is 0. The van der Waals surface area contributed by atoms with Gasteiger partial charge in [0.15, 0.2) is 0 Å². The van der Waals surface area contributed by atoms with E-state index in [9.17, 15) is 4.79 Å². The molecule has 14 heavy (non-hydrogen) atoms. The van der Waals surface area contributed by atoms with Crippen LogP contribution in [0.5, 0.6) is 0 Å². The number of rotatable bonds is 4. The first-order valence-electron chi connectivity index (χ1n) is 4.91. The summed E-state index contributed by atoms with van der Waals surface area (Å²) >= 11 is 0. The van der Waals surface area contributed by atoms with Gasteiger partial charge >= 0.3 is 5.97 Å². The number of nitrogens with one attached hydrogen (secondary N) is 1. The molecule has 0 radical (unpaired) electrons. The van der Waals surface area contributed by atoms with Crippen LogP contribution >= 0.6 is 0 Å². The van der Waals surface area contributed by atoms with Crippen LogP contribution in [0, 0.1) is 0 Å². The van der Waals surface area contributed by atoms with Crippen molar-refractivity contribution in [1.82, 2.24) is 5.32 Å². The van der Waals surface area contributed by atoms with Gasteiger partial charge in [-0.2, -0.15) is 0 Å². The highest BCUT2D eigenvalue weighted by atomic mass is 16.5. The Balaban J connectivity index is 2.28. The molecule has 0 aromatic rings. The molecule has 0 bridgehead atoms. The smallest absolute Gasteiger partial charge is 0.333 e. The zero-order valence-corrected chi connectivity index (χ0v) is 8.54. The van der Waals surface area contributed by atoms with Crippen molar-refractivity contribution >= 4 is 5.97 Å². The minimum absolute atomic E-state index is 0.0562. The second-order valence-electron chi connectivity index (χ2n) is 3.23. The first-order valence-corrected chi connectivity index (χ1v) is 4.91. The molecule has 0 aromatic carbocycles. The summed E-state index contributed by atoms with van der Waals surface area (Å²) < 4.78 is 10.3. The molecule has 0 amide bonds. The fourth-order valence-corrected chi connectivity index (χ4v) is 1.34.